The van der Waals surface area contributed by atoms with E-state index in [1.165, 1.54) is 34.3 Å². The highest BCUT2D eigenvalue weighted by Crippen LogP contribution is 2.54. The number of thioether (sulfide) groups is 2. The lowest BCUT2D eigenvalue weighted by Gasteiger charge is -2.43. The molecule has 4 aromatic carbocycles. The monoisotopic (exact) mass is 830 g/mol. The Balaban J connectivity index is 0.000000252. The van der Waals surface area contributed by atoms with E-state index in [-0.39, 0.29) is 36.4 Å². The van der Waals surface area contributed by atoms with Crippen LogP contribution >= 0.6 is 23.5 Å². The predicted octanol–water partition coefficient (Wildman–Crippen LogP) is 11.9. The summed E-state index contributed by atoms with van der Waals surface area (Å²) in [5, 5.41) is 28.5. The highest BCUT2D eigenvalue weighted by Gasteiger charge is 2.42. The Morgan fingerprint density at radius 1 is 0.621 bits per heavy atom. The van der Waals surface area contributed by atoms with E-state index >= 15 is 0 Å². The highest BCUT2D eigenvalue weighted by atomic mass is 32.2. The summed E-state index contributed by atoms with van der Waals surface area (Å²) in [6, 6.07) is 28.1. The Morgan fingerprint density at radius 3 is 1.60 bits per heavy atom. The maximum absolute atomic E-state index is 11.3. The molecule has 0 spiro atoms. The first kappa shape index (κ1) is 46.4. The summed E-state index contributed by atoms with van der Waals surface area (Å²) in [4.78, 5) is 24.6. The molecule has 0 amide bonds. The summed E-state index contributed by atoms with van der Waals surface area (Å²) in [5.41, 5.74) is 5.13. The summed E-state index contributed by atoms with van der Waals surface area (Å²) >= 11 is 3.67. The van der Waals surface area contributed by atoms with E-state index in [1.807, 2.05) is 42.1 Å². The zero-order chi connectivity index (χ0) is 41.0. The summed E-state index contributed by atoms with van der Waals surface area (Å²) in [6.45, 7) is 4.65. The van der Waals surface area contributed by atoms with Gasteiger partial charge in [-0.25, -0.2) is 0 Å². The third-order valence-corrected chi connectivity index (χ3v) is 14.6. The van der Waals surface area contributed by atoms with E-state index in [0.29, 0.717) is 24.0 Å². The largest absolute Gasteiger partial charge is 0.508 e. The van der Waals surface area contributed by atoms with Gasteiger partial charge in [0.15, 0.2) is 0 Å². The second-order valence-corrected chi connectivity index (χ2v) is 17.6. The maximum atomic E-state index is 11.3. The van der Waals surface area contributed by atoms with E-state index in [0.717, 1.165) is 79.3 Å². The van der Waals surface area contributed by atoms with Crippen molar-refractivity contribution >= 4 is 35.5 Å². The van der Waals surface area contributed by atoms with Crippen molar-refractivity contribution in [1.29, 1.82) is 0 Å². The Labute approximate surface area is 354 Å². The number of carbonyl (C=O) groups excluding carboxylic acids is 1. The molecule has 0 aromatic heterocycles. The first-order valence-electron chi connectivity index (χ1n) is 19.9. The zero-order valence-electron chi connectivity index (χ0n) is 33.9. The van der Waals surface area contributed by atoms with Gasteiger partial charge in [-0.3, -0.25) is 9.59 Å². The fourth-order valence-electron chi connectivity index (χ4n) is 8.36. The molecule has 58 heavy (non-hydrogen) atoms. The van der Waals surface area contributed by atoms with Crippen LogP contribution in [0.15, 0.2) is 94.7 Å². The molecule has 0 saturated heterocycles. The number of rotatable bonds is 16. The molecule has 0 radical (unpaired) electrons. The summed E-state index contributed by atoms with van der Waals surface area (Å²) in [5.74, 6) is 4.09. The van der Waals surface area contributed by atoms with Crippen molar-refractivity contribution in [2.24, 2.45) is 0 Å². The topological polar surface area (TPSA) is 123 Å². The number of ether oxygens (including phenoxy) is 3. The van der Waals surface area contributed by atoms with Crippen molar-refractivity contribution in [1.82, 2.24) is 0 Å². The Kier molecular flexibility index (Phi) is 17.3. The van der Waals surface area contributed by atoms with Crippen LogP contribution in [0.25, 0.3) is 0 Å². The van der Waals surface area contributed by atoms with Gasteiger partial charge >= 0.3 is 11.9 Å². The quantitative estimate of drug-likeness (QED) is 0.0743. The zero-order valence-corrected chi connectivity index (χ0v) is 35.6. The number of methoxy groups -OCH3 is 3. The minimum atomic E-state index is -0.709. The van der Waals surface area contributed by atoms with E-state index in [2.05, 4.69) is 50.2 Å². The van der Waals surface area contributed by atoms with Crippen LogP contribution in [0.3, 0.4) is 0 Å². The van der Waals surface area contributed by atoms with Crippen molar-refractivity contribution in [3.05, 3.63) is 107 Å². The average molecular weight is 831 g/mol. The number of fused-ring (bicyclic) bond motifs is 2. The minimum Gasteiger partial charge on any atom is -0.508 e. The third kappa shape index (κ3) is 11.5. The van der Waals surface area contributed by atoms with E-state index < -0.39 is 5.97 Å². The van der Waals surface area contributed by atoms with E-state index in [4.69, 9.17) is 19.3 Å². The SMILES string of the molecule is C.COC(=O)CCCCC[C@@H]1c2ccc(O)cc2SC[C@]1(C)c1ccc(O)cc1.COc1ccc(C2(C)CSc3cc(OC)ccc3C2CCCCCC(=O)O)cc1. The smallest absolute Gasteiger partial charge is 0.305 e. The van der Waals surface area contributed by atoms with Gasteiger partial charge in [0.1, 0.15) is 23.0 Å². The van der Waals surface area contributed by atoms with Gasteiger partial charge in [-0.2, -0.15) is 0 Å². The van der Waals surface area contributed by atoms with Crippen LogP contribution in [-0.4, -0.2) is 60.1 Å². The van der Waals surface area contributed by atoms with Gasteiger partial charge in [0.25, 0.3) is 0 Å². The molecule has 8 nitrogen and oxygen atoms in total. The molecule has 0 fully saturated rings. The molecule has 10 heteroatoms. The first-order chi connectivity index (χ1) is 27.4. The molecule has 4 aromatic rings. The fourth-order valence-corrected chi connectivity index (χ4v) is 11.2. The predicted molar refractivity (Wildman–Crippen MR) is 236 cm³/mol. The molecule has 314 valence electrons. The van der Waals surface area contributed by atoms with Crippen LogP contribution in [0.4, 0.5) is 0 Å². The average Bonchev–Trinajstić information content (AvgIpc) is 3.22. The maximum Gasteiger partial charge on any atom is 0.305 e. The summed E-state index contributed by atoms with van der Waals surface area (Å²) < 4.78 is 15.5. The molecule has 2 aliphatic rings. The Bertz CT molecular complexity index is 1930. The normalized spacial score (nSPS) is 20.6. The number of hydrogen-bond acceptors (Lipinski definition) is 9. The van der Waals surface area contributed by atoms with Crippen LogP contribution < -0.4 is 9.47 Å². The number of unbranched alkanes of at least 4 members (excludes halogenated alkanes) is 4. The number of phenols is 2. The van der Waals surface area contributed by atoms with Gasteiger partial charge in [-0.1, -0.05) is 83.4 Å². The van der Waals surface area contributed by atoms with Gasteiger partial charge in [0.05, 0.1) is 21.3 Å². The molecule has 0 saturated carbocycles. The number of aliphatic carboxylic acids is 1. The lowest BCUT2D eigenvalue weighted by Crippen LogP contribution is -2.36. The van der Waals surface area contributed by atoms with Crippen molar-refractivity contribution in [3.8, 4) is 23.0 Å². The van der Waals surface area contributed by atoms with Gasteiger partial charge in [0, 0.05) is 45.0 Å². The molecule has 0 bridgehead atoms. The number of aromatic hydroxyl groups is 2. The minimum absolute atomic E-state index is 0. The number of esters is 1. The number of carbonyl (C=O) groups is 2. The van der Waals surface area contributed by atoms with E-state index in [9.17, 15) is 19.8 Å². The molecular weight excluding hydrogens is 769 g/mol. The van der Waals surface area contributed by atoms with Crippen molar-refractivity contribution < 1.29 is 39.1 Å². The van der Waals surface area contributed by atoms with Crippen molar-refractivity contribution in [2.75, 3.05) is 32.8 Å². The number of carboxylic acids is 1. The number of phenolic OH excluding ortho intramolecular Hbond substituents is 2. The van der Waals surface area contributed by atoms with E-state index in [1.54, 1.807) is 44.2 Å². The molecule has 2 aliphatic heterocycles. The van der Waals surface area contributed by atoms with Crippen LogP contribution in [0.2, 0.25) is 0 Å². The van der Waals surface area contributed by atoms with Crippen LogP contribution in [0.1, 0.15) is 120 Å². The first-order valence-corrected chi connectivity index (χ1v) is 21.9. The molecule has 2 heterocycles. The van der Waals surface area contributed by atoms with Crippen LogP contribution in [0, 0.1) is 0 Å². The van der Waals surface area contributed by atoms with Gasteiger partial charge in [0.2, 0.25) is 0 Å². The fraction of sp³-hybridized carbons (Fsp3) is 0.458. The molecular formula is C48H62O8S2. The molecule has 6 rings (SSSR count). The van der Waals surface area contributed by atoms with Crippen molar-refractivity contribution in [3.63, 3.8) is 0 Å². The van der Waals surface area contributed by atoms with Crippen LogP contribution in [-0.2, 0) is 25.2 Å². The number of benzene rings is 4. The molecule has 4 atom stereocenters. The molecule has 3 N–H and O–H groups in total. The highest BCUT2D eigenvalue weighted by molar-refractivity contribution is 7.99. The molecule has 0 aliphatic carbocycles. The second-order valence-electron chi connectivity index (χ2n) is 15.6. The van der Waals surface area contributed by atoms with Gasteiger partial charge in [-0.05, 0) is 108 Å². The van der Waals surface area contributed by atoms with Crippen molar-refractivity contribution in [2.45, 2.75) is 118 Å². The third-order valence-electron chi connectivity index (χ3n) is 11.8. The summed E-state index contributed by atoms with van der Waals surface area (Å²) in [7, 11) is 4.82. The van der Waals surface area contributed by atoms with Crippen LogP contribution in [0.5, 0.6) is 23.0 Å². The Morgan fingerprint density at radius 2 is 1.09 bits per heavy atom. The number of carboxylic acid groups (broad SMARTS) is 1. The lowest BCUT2D eigenvalue weighted by molar-refractivity contribution is -0.141. The van der Waals surface area contributed by atoms with Gasteiger partial charge in [-0.15, -0.1) is 23.5 Å². The lowest BCUT2D eigenvalue weighted by atomic mass is 9.68. The Hall–Kier alpha value is -4.28. The number of hydrogen-bond donors (Lipinski definition) is 3. The standard InChI is InChI=1S/C24H30O4S.C23H28O4S.CH4/c1-24(17-9-11-18(27-2)12-10-17)16-29-22-15-19(28-3)13-14-20(22)21(24)7-5-4-6-8-23(25)26;1-23(16-8-10-17(24)11-9-16)15-28-21-14-18(25)12-13-19(21)20(23)6-4-3-5-7-22(26)27-2;/h9-15,21H,4-8,16H2,1-3H3,(H,25,26);8-14,20,24-25H,3-7,15H2,1-2H3;1H4/t;20-,23-;/m.1./s1. The second kappa shape index (κ2) is 21.6. The van der Waals surface area contributed by atoms with Gasteiger partial charge < -0.3 is 29.5 Å². The summed E-state index contributed by atoms with van der Waals surface area (Å²) in [6.07, 6.45) is 8.34. The molecule has 2 unspecified atom stereocenters.